The maximum atomic E-state index is 13.4. The van der Waals surface area contributed by atoms with E-state index < -0.39 is 6.04 Å². The van der Waals surface area contributed by atoms with Crippen molar-refractivity contribution in [3.63, 3.8) is 0 Å². The summed E-state index contributed by atoms with van der Waals surface area (Å²) in [6.45, 7) is 5.75. The molecule has 0 N–H and O–H groups in total. The first kappa shape index (κ1) is 21.6. The summed E-state index contributed by atoms with van der Waals surface area (Å²) in [5, 5.41) is 1.29. The van der Waals surface area contributed by atoms with Crippen LogP contribution in [0.1, 0.15) is 49.3 Å². The van der Waals surface area contributed by atoms with Crippen LogP contribution in [0.5, 0.6) is 0 Å². The molecular formula is C24H25Cl2NO2. The summed E-state index contributed by atoms with van der Waals surface area (Å²) in [6.07, 6.45) is 4.47. The molecule has 1 fully saturated rings. The van der Waals surface area contributed by atoms with E-state index in [9.17, 15) is 9.59 Å². The minimum Gasteiger partial charge on any atom is -0.325 e. The van der Waals surface area contributed by atoms with Crippen LogP contribution < -0.4 is 0 Å². The number of nitrogens with zero attached hydrogens (tertiary/aromatic N) is 1. The molecule has 0 aliphatic carbocycles. The molecule has 2 aromatic carbocycles. The van der Waals surface area contributed by atoms with Gasteiger partial charge in [-0.2, -0.15) is 0 Å². The Labute approximate surface area is 182 Å². The summed E-state index contributed by atoms with van der Waals surface area (Å²) in [7, 11) is 0. The lowest BCUT2D eigenvalue weighted by molar-refractivity contribution is -0.148. The van der Waals surface area contributed by atoms with Crippen LogP contribution in [0.3, 0.4) is 0 Å². The van der Waals surface area contributed by atoms with E-state index in [-0.39, 0.29) is 23.8 Å². The number of benzene rings is 2. The lowest BCUT2D eigenvalue weighted by Gasteiger charge is -2.47. The molecule has 4 atom stereocenters. The molecule has 0 bridgehead atoms. The van der Waals surface area contributed by atoms with Crippen molar-refractivity contribution in [1.29, 1.82) is 0 Å². The van der Waals surface area contributed by atoms with E-state index >= 15 is 0 Å². The Morgan fingerprint density at radius 2 is 1.86 bits per heavy atom. The van der Waals surface area contributed by atoms with Crippen molar-refractivity contribution in [1.82, 2.24) is 4.90 Å². The van der Waals surface area contributed by atoms with Crippen molar-refractivity contribution < 1.29 is 9.59 Å². The maximum absolute atomic E-state index is 13.4. The molecule has 1 aliphatic heterocycles. The molecule has 0 radical (unpaired) electrons. The number of piperidine rings is 1. The molecule has 1 heterocycles. The lowest BCUT2D eigenvalue weighted by atomic mass is 9.74. The molecular weight excluding hydrogens is 405 g/mol. The third-order valence-electron chi connectivity index (χ3n) is 5.70. The summed E-state index contributed by atoms with van der Waals surface area (Å²) in [5.74, 6) is -0.206. The summed E-state index contributed by atoms with van der Waals surface area (Å²) in [4.78, 5) is 27.1. The number of hydrogen-bond donors (Lipinski definition) is 0. The van der Waals surface area contributed by atoms with Crippen molar-refractivity contribution >= 4 is 35.4 Å². The molecule has 1 aliphatic rings. The fraction of sp³-hybridized carbons (Fsp3) is 0.333. The van der Waals surface area contributed by atoms with E-state index in [2.05, 4.69) is 6.58 Å². The largest absolute Gasteiger partial charge is 0.325 e. The minimum atomic E-state index is -0.488. The minimum absolute atomic E-state index is 0.00192. The third-order valence-corrected chi connectivity index (χ3v) is 6.18. The van der Waals surface area contributed by atoms with Crippen molar-refractivity contribution in [3.05, 3.63) is 82.4 Å². The predicted octanol–water partition coefficient (Wildman–Crippen LogP) is 6.22. The van der Waals surface area contributed by atoms with Gasteiger partial charge in [0.2, 0.25) is 5.91 Å². The second-order valence-electron chi connectivity index (χ2n) is 7.47. The van der Waals surface area contributed by atoms with Crippen LogP contribution >= 0.6 is 23.2 Å². The SMILES string of the molecule is C=CC[C@H]1C[C@H](c2cccc(Cl)c2)[C@@H](c2ccc(Cl)cc2)N(C(C=O)CC)C1=O. The monoisotopic (exact) mass is 429 g/mol. The Bertz CT molecular complexity index is 881. The molecule has 1 saturated heterocycles. The Hall–Kier alpha value is -2.10. The van der Waals surface area contributed by atoms with Gasteiger partial charge in [0.15, 0.2) is 0 Å². The molecule has 0 aromatic heterocycles. The first-order valence-corrected chi connectivity index (χ1v) is 10.6. The van der Waals surface area contributed by atoms with Gasteiger partial charge in [-0.15, -0.1) is 6.58 Å². The van der Waals surface area contributed by atoms with Crippen LogP contribution in [-0.4, -0.2) is 23.1 Å². The topological polar surface area (TPSA) is 37.4 Å². The Kier molecular flexibility index (Phi) is 7.15. The molecule has 5 heteroatoms. The van der Waals surface area contributed by atoms with E-state index in [0.717, 1.165) is 17.4 Å². The molecule has 2 aromatic rings. The number of rotatable bonds is 7. The van der Waals surface area contributed by atoms with Crippen molar-refractivity contribution in [2.75, 3.05) is 0 Å². The maximum Gasteiger partial charge on any atom is 0.227 e. The van der Waals surface area contributed by atoms with E-state index in [0.29, 0.717) is 29.3 Å². The van der Waals surface area contributed by atoms with Crippen molar-refractivity contribution in [2.45, 2.75) is 44.2 Å². The van der Waals surface area contributed by atoms with Gasteiger partial charge >= 0.3 is 0 Å². The first-order valence-electron chi connectivity index (χ1n) is 9.89. The highest BCUT2D eigenvalue weighted by Crippen LogP contribution is 2.47. The number of amides is 1. The number of carbonyl (C=O) groups is 2. The summed E-state index contributed by atoms with van der Waals surface area (Å²) in [5.41, 5.74) is 2.02. The van der Waals surface area contributed by atoms with Gasteiger partial charge in [0, 0.05) is 21.9 Å². The van der Waals surface area contributed by atoms with Gasteiger partial charge in [0.05, 0.1) is 12.1 Å². The fourth-order valence-electron chi connectivity index (χ4n) is 4.31. The van der Waals surface area contributed by atoms with Crippen LogP contribution in [0.15, 0.2) is 61.2 Å². The highest BCUT2D eigenvalue weighted by Gasteiger charge is 2.45. The van der Waals surface area contributed by atoms with Crippen LogP contribution in [0, 0.1) is 5.92 Å². The highest BCUT2D eigenvalue weighted by atomic mass is 35.5. The number of allylic oxidation sites excluding steroid dienone is 1. The average molecular weight is 430 g/mol. The number of likely N-dealkylation sites (tertiary alicyclic amines) is 1. The van der Waals surface area contributed by atoms with E-state index in [1.165, 1.54) is 0 Å². The molecule has 3 rings (SSSR count). The van der Waals surface area contributed by atoms with E-state index in [4.69, 9.17) is 23.2 Å². The van der Waals surface area contributed by atoms with E-state index in [1.807, 2.05) is 55.5 Å². The highest BCUT2D eigenvalue weighted by molar-refractivity contribution is 6.30. The fourth-order valence-corrected chi connectivity index (χ4v) is 4.64. The van der Waals surface area contributed by atoms with Crippen LogP contribution in [0.2, 0.25) is 10.0 Å². The van der Waals surface area contributed by atoms with Gasteiger partial charge in [0.25, 0.3) is 0 Å². The molecule has 0 spiro atoms. The Morgan fingerprint density at radius 3 is 2.45 bits per heavy atom. The van der Waals surface area contributed by atoms with Crippen molar-refractivity contribution in [3.8, 4) is 0 Å². The first-order chi connectivity index (χ1) is 14.0. The average Bonchev–Trinajstić information content (AvgIpc) is 2.72. The Balaban J connectivity index is 2.17. The standard InChI is InChI=1S/C24H25Cl2NO2/c1-3-6-18-14-22(17-7-5-8-20(26)13-17)23(16-9-11-19(25)12-10-16)27(24(18)29)21(4-2)15-28/h3,5,7-13,15,18,21-23H,1,4,6,14H2,2H3/t18-,21?,22+,23+/m0/s1. The molecule has 3 nitrogen and oxygen atoms in total. The smallest absolute Gasteiger partial charge is 0.227 e. The second-order valence-corrected chi connectivity index (χ2v) is 8.34. The van der Waals surface area contributed by atoms with Gasteiger partial charge in [0.1, 0.15) is 6.29 Å². The Morgan fingerprint density at radius 1 is 1.14 bits per heavy atom. The number of carbonyl (C=O) groups excluding carboxylic acids is 2. The second kappa shape index (κ2) is 9.60. The zero-order chi connectivity index (χ0) is 21.0. The zero-order valence-corrected chi connectivity index (χ0v) is 17.9. The summed E-state index contributed by atoms with van der Waals surface area (Å²) in [6, 6.07) is 14.5. The third kappa shape index (κ3) is 4.57. The summed E-state index contributed by atoms with van der Waals surface area (Å²) >= 11 is 12.4. The predicted molar refractivity (Wildman–Crippen MR) is 118 cm³/mol. The quantitative estimate of drug-likeness (QED) is 0.386. The van der Waals surface area contributed by atoms with Crippen molar-refractivity contribution in [2.24, 2.45) is 5.92 Å². The van der Waals surface area contributed by atoms with Gasteiger partial charge in [-0.1, -0.05) is 60.5 Å². The van der Waals surface area contributed by atoms with Gasteiger partial charge in [-0.3, -0.25) is 4.79 Å². The lowest BCUT2D eigenvalue weighted by Crippen LogP contribution is -2.52. The van der Waals surface area contributed by atoms with Gasteiger partial charge < -0.3 is 9.69 Å². The number of halogens is 2. The van der Waals surface area contributed by atoms with Gasteiger partial charge in [-0.25, -0.2) is 0 Å². The molecule has 1 amide bonds. The van der Waals surface area contributed by atoms with Crippen LogP contribution in [0.4, 0.5) is 0 Å². The zero-order valence-electron chi connectivity index (χ0n) is 16.4. The van der Waals surface area contributed by atoms with Crippen LogP contribution in [-0.2, 0) is 9.59 Å². The molecule has 152 valence electrons. The molecule has 1 unspecified atom stereocenters. The summed E-state index contributed by atoms with van der Waals surface area (Å²) < 4.78 is 0. The number of hydrogen-bond acceptors (Lipinski definition) is 2. The normalized spacial score (nSPS) is 22.9. The molecule has 29 heavy (non-hydrogen) atoms. The number of aldehydes is 1. The van der Waals surface area contributed by atoms with E-state index in [1.54, 1.807) is 11.0 Å². The van der Waals surface area contributed by atoms with Gasteiger partial charge in [-0.05, 0) is 54.7 Å². The van der Waals surface area contributed by atoms with Crippen LogP contribution in [0.25, 0.3) is 0 Å². The molecule has 0 saturated carbocycles.